The van der Waals surface area contributed by atoms with Gasteiger partial charge < -0.3 is 24.5 Å². The molecule has 0 aliphatic carbocycles. The van der Waals surface area contributed by atoms with Crippen LogP contribution in [0.2, 0.25) is 0 Å². The van der Waals surface area contributed by atoms with Crippen molar-refractivity contribution in [3.63, 3.8) is 0 Å². The van der Waals surface area contributed by atoms with Crippen molar-refractivity contribution in [1.29, 1.82) is 0 Å². The van der Waals surface area contributed by atoms with Gasteiger partial charge in [-0.15, -0.1) is 13.2 Å². The first-order valence-corrected chi connectivity index (χ1v) is 13.5. The van der Waals surface area contributed by atoms with Crippen LogP contribution in [0.1, 0.15) is 35.8 Å². The summed E-state index contributed by atoms with van der Waals surface area (Å²) in [5.41, 5.74) is 2.64. The first-order chi connectivity index (χ1) is 20.5. The standard InChI is InChI=1S/C32H29F4N3O4/c1-18(2)39-16-20(23-6-4-5-7-29(23)39)12-21(17-40)37-31(41)25-15-28(19-8-11-30(42-3)26(33)13-19)38-27-10-9-22(14-24(25)27)43-32(34,35)36/h4-11,13-16,18,21,40H,12,17H2,1-3H3,(H,37,41)/t21-/m1/s1. The molecule has 0 fully saturated rings. The zero-order chi connectivity index (χ0) is 30.9. The smallest absolute Gasteiger partial charge is 0.494 e. The third kappa shape index (κ3) is 6.41. The number of benzene rings is 3. The third-order valence-corrected chi connectivity index (χ3v) is 7.11. The Morgan fingerprint density at radius 2 is 1.81 bits per heavy atom. The van der Waals surface area contributed by atoms with Crippen LogP contribution in [0.5, 0.6) is 11.5 Å². The first-order valence-electron chi connectivity index (χ1n) is 13.5. The highest BCUT2D eigenvalue weighted by Crippen LogP contribution is 2.32. The fourth-order valence-electron chi connectivity index (χ4n) is 5.12. The molecule has 224 valence electrons. The molecule has 1 atom stereocenters. The molecule has 2 heterocycles. The second-order valence-corrected chi connectivity index (χ2v) is 10.4. The van der Waals surface area contributed by atoms with Gasteiger partial charge >= 0.3 is 6.36 Å². The topological polar surface area (TPSA) is 85.6 Å². The van der Waals surface area contributed by atoms with Gasteiger partial charge in [-0.3, -0.25) is 4.79 Å². The number of hydrogen-bond donors (Lipinski definition) is 2. The van der Waals surface area contributed by atoms with Crippen molar-refractivity contribution >= 4 is 27.7 Å². The number of aromatic nitrogens is 2. The molecule has 0 saturated heterocycles. The Labute approximate surface area is 244 Å². The molecule has 0 unspecified atom stereocenters. The molecule has 7 nitrogen and oxygen atoms in total. The van der Waals surface area contributed by atoms with Gasteiger partial charge in [0.1, 0.15) is 5.75 Å². The van der Waals surface area contributed by atoms with E-state index in [0.29, 0.717) is 12.0 Å². The van der Waals surface area contributed by atoms with Gasteiger partial charge in [0.05, 0.1) is 36.5 Å². The lowest BCUT2D eigenvalue weighted by Crippen LogP contribution is -2.39. The zero-order valence-corrected chi connectivity index (χ0v) is 23.6. The number of carbonyl (C=O) groups is 1. The minimum Gasteiger partial charge on any atom is -0.494 e. The summed E-state index contributed by atoms with van der Waals surface area (Å²) in [5, 5.41) is 14.1. The largest absolute Gasteiger partial charge is 0.573 e. The van der Waals surface area contributed by atoms with Crippen LogP contribution in [-0.2, 0) is 6.42 Å². The first kappa shape index (κ1) is 29.8. The van der Waals surface area contributed by atoms with E-state index >= 15 is 0 Å². The highest BCUT2D eigenvalue weighted by atomic mass is 19.4. The highest BCUT2D eigenvalue weighted by Gasteiger charge is 2.31. The van der Waals surface area contributed by atoms with Crippen molar-refractivity contribution in [3.05, 3.63) is 89.9 Å². The van der Waals surface area contributed by atoms with Gasteiger partial charge in [-0.2, -0.15) is 0 Å². The predicted molar refractivity (Wildman–Crippen MR) is 155 cm³/mol. The molecule has 0 radical (unpaired) electrons. The maximum Gasteiger partial charge on any atom is 0.573 e. The molecule has 43 heavy (non-hydrogen) atoms. The normalized spacial score (nSPS) is 12.6. The summed E-state index contributed by atoms with van der Waals surface area (Å²) in [6.45, 7) is 3.72. The molecule has 2 N–H and O–H groups in total. The van der Waals surface area contributed by atoms with E-state index in [1.165, 1.54) is 31.4 Å². The number of methoxy groups -OCH3 is 1. The average Bonchev–Trinajstić information content (AvgIpc) is 3.34. The fraction of sp³-hybridized carbons (Fsp3) is 0.250. The van der Waals surface area contributed by atoms with Gasteiger partial charge in [0, 0.05) is 34.1 Å². The average molecular weight is 596 g/mol. The molecule has 0 saturated carbocycles. The lowest BCUT2D eigenvalue weighted by atomic mass is 10.0. The number of fused-ring (bicyclic) bond motifs is 2. The molecule has 5 aromatic rings. The van der Waals surface area contributed by atoms with Crippen molar-refractivity contribution in [2.24, 2.45) is 0 Å². The highest BCUT2D eigenvalue weighted by molar-refractivity contribution is 6.07. The van der Waals surface area contributed by atoms with Crippen molar-refractivity contribution < 1.29 is 36.9 Å². The second kappa shape index (κ2) is 11.9. The van der Waals surface area contributed by atoms with Crippen molar-refractivity contribution in [3.8, 4) is 22.8 Å². The number of aliphatic hydroxyl groups is 1. The molecule has 0 aliphatic heterocycles. The lowest BCUT2D eigenvalue weighted by Gasteiger charge is -2.18. The van der Waals surface area contributed by atoms with Crippen molar-refractivity contribution in [2.75, 3.05) is 13.7 Å². The van der Waals surface area contributed by atoms with Gasteiger partial charge in [0.25, 0.3) is 5.91 Å². The van der Waals surface area contributed by atoms with E-state index in [4.69, 9.17) is 4.74 Å². The van der Waals surface area contributed by atoms with E-state index in [2.05, 4.69) is 33.5 Å². The molecule has 11 heteroatoms. The minimum atomic E-state index is -4.94. The molecule has 0 aliphatic rings. The fourth-order valence-corrected chi connectivity index (χ4v) is 5.12. The number of amides is 1. The number of nitrogens with zero attached hydrogens (tertiary/aromatic N) is 2. The number of hydrogen-bond acceptors (Lipinski definition) is 5. The summed E-state index contributed by atoms with van der Waals surface area (Å²) < 4.78 is 64.6. The van der Waals surface area contributed by atoms with Crippen LogP contribution in [0.15, 0.2) is 72.9 Å². The van der Waals surface area contributed by atoms with Crippen LogP contribution in [0.4, 0.5) is 17.6 Å². The summed E-state index contributed by atoms with van der Waals surface area (Å²) in [4.78, 5) is 18.2. The maximum atomic E-state index is 14.5. The zero-order valence-electron chi connectivity index (χ0n) is 23.6. The Kier molecular flexibility index (Phi) is 8.27. The number of ether oxygens (including phenoxy) is 2. The van der Waals surface area contributed by atoms with Gasteiger partial charge in [-0.1, -0.05) is 18.2 Å². The minimum absolute atomic E-state index is 0.0149. The molecule has 3 aromatic carbocycles. The summed E-state index contributed by atoms with van der Waals surface area (Å²) in [5.74, 6) is -1.82. The van der Waals surface area contributed by atoms with Crippen molar-refractivity contribution in [1.82, 2.24) is 14.9 Å². The van der Waals surface area contributed by atoms with E-state index in [0.717, 1.165) is 28.6 Å². The quantitative estimate of drug-likeness (QED) is 0.183. The molecule has 0 bridgehead atoms. The maximum absolute atomic E-state index is 14.5. The van der Waals surface area contributed by atoms with Gasteiger partial charge in [-0.05, 0) is 74.4 Å². The number of rotatable bonds is 9. The van der Waals surface area contributed by atoms with E-state index < -0.39 is 36.5 Å². The Morgan fingerprint density at radius 3 is 2.49 bits per heavy atom. The van der Waals surface area contributed by atoms with Crippen LogP contribution < -0.4 is 14.8 Å². The van der Waals surface area contributed by atoms with Crippen LogP contribution in [-0.4, -0.2) is 46.7 Å². The number of para-hydroxylation sites is 1. The molecular formula is C32H29F4N3O4. The number of pyridine rings is 1. The van der Waals surface area contributed by atoms with Gasteiger partial charge in [-0.25, -0.2) is 9.37 Å². The summed E-state index contributed by atoms with van der Waals surface area (Å²) in [6, 6.07) is 16.3. The number of halogens is 4. The summed E-state index contributed by atoms with van der Waals surface area (Å²) in [6.07, 6.45) is -2.66. The predicted octanol–water partition coefficient (Wildman–Crippen LogP) is 6.82. The van der Waals surface area contributed by atoms with Gasteiger partial charge in [0.2, 0.25) is 0 Å². The third-order valence-electron chi connectivity index (χ3n) is 7.11. The summed E-state index contributed by atoms with van der Waals surface area (Å²) in [7, 11) is 1.33. The summed E-state index contributed by atoms with van der Waals surface area (Å²) >= 11 is 0. The van der Waals surface area contributed by atoms with Crippen LogP contribution in [0.25, 0.3) is 33.1 Å². The Morgan fingerprint density at radius 1 is 1.05 bits per heavy atom. The van der Waals surface area contributed by atoms with Gasteiger partial charge in [0.15, 0.2) is 11.6 Å². The molecule has 2 aromatic heterocycles. The van der Waals surface area contributed by atoms with E-state index in [-0.39, 0.29) is 34.0 Å². The monoisotopic (exact) mass is 595 g/mol. The number of nitrogens with one attached hydrogen (secondary N) is 1. The number of carbonyl (C=O) groups excluding carboxylic acids is 1. The Bertz CT molecular complexity index is 1800. The second-order valence-electron chi connectivity index (χ2n) is 10.4. The van der Waals surface area contributed by atoms with E-state index in [1.54, 1.807) is 6.07 Å². The SMILES string of the molecule is COc1ccc(-c2cc(C(=O)N[C@@H](CO)Cc3cn(C(C)C)c4ccccc34)c3cc(OC(F)(F)F)ccc3n2)cc1F. The van der Waals surface area contributed by atoms with E-state index in [1.807, 2.05) is 30.5 Å². The number of aliphatic hydroxyl groups excluding tert-OH is 1. The van der Waals surface area contributed by atoms with Crippen LogP contribution in [0.3, 0.4) is 0 Å². The Balaban J connectivity index is 1.54. The molecule has 0 spiro atoms. The molecule has 5 rings (SSSR count). The van der Waals surface area contributed by atoms with Crippen LogP contribution >= 0.6 is 0 Å². The number of alkyl halides is 3. The van der Waals surface area contributed by atoms with Crippen molar-refractivity contribution in [2.45, 2.75) is 38.7 Å². The van der Waals surface area contributed by atoms with E-state index in [9.17, 15) is 27.5 Å². The molecular weight excluding hydrogens is 566 g/mol. The van der Waals surface area contributed by atoms with Crippen LogP contribution in [0, 0.1) is 5.82 Å². The molecule has 1 amide bonds. The lowest BCUT2D eigenvalue weighted by molar-refractivity contribution is -0.274. The Hall–Kier alpha value is -4.64.